The first kappa shape index (κ1) is 8.07. The van der Waals surface area contributed by atoms with Crippen LogP contribution in [0.3, 0.4) is 0 Å². The van der Waals surface area contributed by atoms with E-state index in [0.717, 1.165) is 5.56 Å². The topological polar surface area (TPSA) is 33.1 Å². The van der Waals surface area contributed by atoms with Crippen molar-refractivity contribution in [2.75, 3.05) is 0 Å². The average Bonchev–Trinajstić information content (AvgIpc) is 1.84. The molecule has 4 heteroatoms. The van der Waals surface area contributed by atoms with Crippen molar-refractivity contribution in [1.29, 1.82) is 0 Å². The van der Waals surface area contributed by atoms with Crippen molar-refractivity contribution >= 4 is 34.2 Å². The number of halogens is 2. The zero-order valence-electron chi connectivity index (χ0n) is 5.23. The van der Waals surface area contributed by atoms with E-state index in [1.54, 1.807) is 13.0 Å². The van der Waals surface area contributed by atoms with Crippen LogP contribution in [0.2, 0.25) is 5.15 Å². The van der Waals surface area contributed by atoms with Crippen LogP contribution in [-0.4, -0.2) is 10.1 Å². The van der Waals surface area contributed by atoms with Crippen LogP contribution in [0, 0.1) is 10.6 Å². The molecule has 1 N–H and O–H groups in total. The van der Waals surface area contributed by atoms with Gasteiger partial charge in [0.05, 0.1) is 0 Å². The van der Waals surface area contributed by atoms with E-state index in [2.05, 4.69) is 4.98 Å². The van der Waals surface area contributed by atoms with Crippen molar-refractivity contribution in [1.82, 2.24) is 4.98 Å². The maximum atomic E-state index is 9.10. The summed E-state index contributed by atoms with van der Waals surface area (Å²) in [6.07, 6.45) is 0. The number of hydrogen-bond acceptors (Lipinski definition) is 2. The number of pyridine rings is 1. The van der Waals surface area contributed by atoms with Crippen molar-refractivity contribution in [2.24, 2.45) is 0 Å². The lowest BCUT2D eigenvalue weighted by Crippen LogP contribution is -1.85. The van der Waals surface area contributed by atoms with Crippen LogP contribution in [0.1, 0.15) is 5.56 Å². The van der Waals surface area contributed by atoms with Crippen LogP contribution >= 0.6 is 34.2 Å². The molecule has 0 atom stereocenters. The summed E-state index contributed by atoms with van der Waals surface area (Å²) in [6, 6.07) is 1.59. The molecule has 0 bridgehead atoms. The number of rotatable bonds is 0. The molecular formula is C6H5ClINO. The predicted molar refractivity (Wildman–Crippen MR) is 48.4 cm³/mol. The molecule has 0 spiro atoms. The Bertz CT molecular complexity index is 214. The van der Waals surface area contributed by atoms with Crippen LogP contribution < -0.4 is 0 Å². The largest absolute Gasteiger partial charge is 0.505 e. The third-order valence-corrected chi connectivity index (χ3v) is 2.26. The third kappa shape index (κ3) is 1.52. The fourth-order valence-corrected chi connectivity index (χ4v) is 1.23. The van der Waals surface area contributed by atoms with E-state index in [-0.39, 0.29) is 5.75 Å². The SMILES string of the molecule is Cc1cc(O)c(I)nc1Cl. The van der Waals surface area contributed by atoms with Crippen LogP contribution in [0.5, 0.6) is 5.75 Å². The second kappa shape index (κ2) is 2.92. The molecule has 1 rings (SSSR count). The van der Waals surface area contributed by atoms with Gasteiger partial charge in [0, 0.05) is 0 Å². The second-order valence-corrected chi connectivity index (χ2v) is 3.29. The molecule has 0 fully saturated rings. The first-order chi connectivity index (χ1) is 4.61. The molecule has 0 amide bonds. The summed E-state index contributed by atoms with van der Waals surface area (Å²) in [7, 11) is 0. The van der Waals surface area contributed by atoms with Gasteiger partial charge in [0.25, 0.3) is 0 Å². The van der Waals surface area contributed by atoms with Crippen LogP contribution in [0.15, 0.2) is 6.07 Å². The fourth-order valence-electron chi connectivity index (χ4n) is 0.556. The van der Waals surface area contributed by atoms with Crippen LogP contribution in [-0.2, 0) is 0 Å². The number of nitrogens with zero attached hydrogens (tertiary/aromatic N) is 1. The molecule has 1 aromatic rings. The first-order valence-corrected chi connectivity index (χ1v) is 4.08. The summed E-state index contributed by atoms with van der Waals surface area (Å²) in [5, 5.41) is 9.54. The van der Waals surface area contributed by atoms with Gasteiger partial charge < -0.3 is 5.11 Å². The van der Waals surface area contributed by atoms with Crippen molar-refractivity contribution in [2.45, 2.75) is 6.92 Å². The maximum Gasteiger partial charge on any atom is 0.147 e. The van der Waals surface area contributed by atoms with E-state index in [1.165, 1.54) is 0 Å². The fraction of sp³-hybridized carbons (Fsp3) is 0.167. The highest BCUT2D eigenvalue weighted by molar-refractivity contribution is 14.1. The van der Waals surface area contributed by atoms with E-state index in [9.17, 15) is 0 Å². The molecule has 0 aliphatic carbocycles. The molecule has 0 unspecified atom stereocenters. The summed E-state index contributed by atoms with van der Waals surface area (Å²) in [5.41, 5.74) is 0.791. The highest BCUT2D eigenvalue weighted by Gasteiger charge is 2.02. The van der Waals surface area contributed by atoms with E-state index >= 15 is 0 Å². The van der Waals surface area contributed by atoms with Gasteiger partial charge in [0.1, 0.15) is 14.6 Å². The number of aryl methyl sites for hydroxylation is 1. The van der Waals surface area contributed by atoms with Crippen molar-refractivity contribution in [3.63, 3.8) is 0 Å². The summed E-state index contributed by atoms with van der Waals surface area (Å²) in [5.74, 6) is 0.183. The van der Waals surface area contributed by atoms with Gasteiger partial charge in [-0.3, -0.25) is 0 Å². The Morgan fingerprint density at radius 1 is 1.70 bits per heavy atom. The Morgan fingerprint density at radius 2 is 2.30 bits per heavy atom. The van der Waals surface area contributed by atoms with Crippen molar-refractivity contribution in [3.8, 4) is 5.75 Å². The molecule has 1 heterocycles. The molecular weight excluding hydrogens is 264 g/mol. The summed E-state index contributed by atoms with van der Waals surface area (Å²) in [4.78, 5) is 3.87. The van der Waals surface area contributed by atoms with Gasteiger partial charge in [0.15, 0.2) is 0 Å². The number of aromatic hydroxyl groups is 1. The Kier molecular flexibility index (Phi) is 2.36. The molecule has 0 aliphatic heterocycles. The van der Waals surface area contributed by atoms with Gasteiger partial charge in [-0.05, 0) is 41.1 Å². The standard InChI is InChI=1S/C6H5ClINO/c1-3-2-4(10)6(8)9-5(3)7/h2,10H,1H3. The van der Waals surface area contributed by atoms with Crippen molar-refractivity contribution < 1.29 is 5.11 Å². The molecule has 2 nitrogen and oxygen atoms in total. The minimum Gasteiger partial charge on any atom is -0.505 e. The smallest absolute Gasteiger partial charge is 0.147 e. The molecule has 0 saturated heterocycles. The monoisotopic (exact) mass is 269 g/mol. The Morgan fingerprint density at radius 3 is 2.80 bits per heavy atom. The molecule has 0 aliphatic rings. The van der Waals surface area contributed by atoms with E-state index < -0.39 is 0 Å². The summed E-state index contributed by atoms with van der Waals surface area (Å²) in [6.45, 7) is 1.80. The van der Waals surface area contributed by atoms with E-state index in [4.69, 9.17) is 16.7 Å². The third-order valence-electron chi connectivity index (χ3n) is 1.09. The van der Waals surface area contributed by atoms with Gasteiger partial charge in [0.2, 0.25) is 0 Å². The summed E-state index contributed by atoms with van der Waals surface area (Å²) >= 11 is 7.58. The molecule has 1 aromatic heterocycles. The van der Waals surface area contributed by atoms with Crippen LogP contribution in [0.25, 0.3) is 0 Å². The number of hydrogen-bond donors (Lipinski definition) is 1. The van der Waals surface area contributed by atoms with Gasteiger partial charge in [-0.2, -0.15) is 0 Å². The van der Waals surface area contributed by atoms with Gasteiger partial charge in [-0.1, -0.05) is 11.6 Å². The Labute approximate surface area is 77.4 Å². The summed E-state index contributed by atoms with van der Waals surface area (Å²) < 4.78 is 0.535. The normalized spacial score (nSPS) is 9.90. The maximum absolute atomic E-state index is 9.10. The highest BCUT2D eigenvalue weighted by Crippen LogP contribution is 2.22. The lowest BCUT2D eigenvalue weighted by molar-refractivity contribution is 0.467. The zero-order chi connectivity index (χ0) is 7.72. The first-order valence-electron chi connectivity index (χ1n) is 2.63. The lowest BCUT2D eigenvalue weighted by Gasteiger charge is -1.98. The minimum atomic E-state index is 0.183. The quantitative estimate of drug-likeness (QED) is 0.579. The van der Waals surface area contributed by atoms with Crippen molar-refractivity contribution in [3.05, 3.63) is 20.5 Å². The lowest BCUT2D eigenvalue weighted by atomic mass is 10.3. The molecule has 10 heavy (non-hydrogen) atoms. The zero-order valence-corrected chi connectivity index (χ0v) is 8.14. The Hall–Kier alpha value is -0.0300. The highest BCUT2D eigenvalue weighted by atomic mass is 127. The van der Waals surface area contributed by atoms with E-state index in [1.807, 2.05) is 22.6 Å². The average molecular weight is 269 g/mol. The predicted octanol–water partition coefficient (Wildman–Crippen LogP) is 2.35. The molecule has 0 aromatic carbocycles. The Balaban J connectivity index is 3.28. The van der Waals surface area contributed by atoms with Gasteiger partial charge >= 0.3 is 0 Å². The van der Waals surface area contributed by atoms with Gasteiger partial charge in [-0.25, -0.2) is 4.98 Å². The molecule has 0 saturated carbocycles. The van der Waals surface area contributed by atoms with Crippen LogP contribution in [0.4, 0.5) is 0 Å². The van der Waals surface area contributed by atoms with Gasteiger partial charge in [-0.15, -0.1) is 0 Å². The number of aromatic nitrogens is 1. The molecule has 54 valence electrons. The second-order valence-electron chi connectivity index (χ2n) is 1.91. The molecule has 0 radical (unpaired) electrons. The minimum absolute atomic E-state index is 0.183. The van der Waals surface area contributed by atoms with E-state index in [0.29, 0.717) is 8.85 Å².